The molecule has 0 spiro atoms. The van der Waals surface area contributed by atoms with Crippen LogP contribution in [0.1, 0.15) is 27.2 Å². The number of hydrogen-bond acceptors (Lipinski definition) is 4. The van der Waals surface area contributed by atoms with Gasteiger partial charge in [0, 0.05) is 5.92 Å². The molecule has 0 aromatic rings. The van der Waals surface area contributed by atoms with Crippen molar-refractivity contribution in [3.63, 3.8) is 0 Å². The number of nitrogens with one attached hydrogen (secondary N) is 1. The molecule has 0 saturated carbocycles. The van der Waals surface area contributed by atoms with Crippen LogP contribution in [0.5, 0.6) is 0 Å². The van der Waals surface area contributed by atoms with Crippen molar-refractivity contribution in [1.82, 2.24) is 5.32 Å². The van der Waals surface area contributed by atoms with E-state index in [1.165, 1.54) is 0 Å². The van der Waals surface area contributed by atoms with Gasteiger partial charge in [0.1, 0.15) is 5.60 Å². The van der Waals surface area contributed by atoms with Gasteiger partial charge < -0.3 is 19.9 Å². The molecule has 1 amide bonds. The lowest BCUT2D eigenvalue weighted by Crippen LogP contribution is -2.43. The summed E-state index contributed by atoms with van der Waals surface area (Å²) in [5.41, 5.74) is -0.564. The largest absolute Gasteiger partial charge is 0.481 e. The lowest BCUT2D eigenvalue weighted by Gasteiger charge is -2.23. The van der Waals surface area contributed by atoms with Crippen molar-refractivity contribution in [1.29, 1.82) is 0 Å². The lowest BCUT2D eigenvalue weighted by atomic mass is 10.0. The number of alkyl carbamates (subject to hydrolysis) is 1. The van der Waals surface area contributed by atoms with Gasteiger partial charge in [-0.2, -0.15) is 0 Å². The Hall–Kier alpha value is -1.30. The van der Waals surface area contributed by atoms with Gasteiger partial charge in [-0.3, -0.25) is 4.79 Å². The SMILES string of the molecule is CC(C)(C)OC(=O)N[C@@H]1COC[C@H]1CC(=O)O. The summed E-state index contributed by atoms with van der Waals surface area (Å²) in [4.78, 5) is 22.1. The topological polar surface area (TPSA) is 84.9 Å². The second kappa shape index (κ2) is 5.35. The van der Waals surface area contributed by atoms with Gasteiger partial charge in [0.2, 0.25) is 0 Å². The van der Waals surface area contributed by atoms with Crippen LogP contribution in [0, 0.1) is 5.92 Å². The highest BCUT2D eigenvalue weighted by Gasteiger charge is 2.32. The molecule has 2 atom stereocenters. The summed E-state index contributed by atoms with van der Waals surface area (Å²) in [6, 6.07) is -0.291. The van der Waals surface area contributed by atoms with E-state index in [2.05, 4.69) is 5.32 Å². The summed E-state index contributed by atoms with van der Waals surface area (Å²) in [5, 5.41) is 11.4. The second-order valence-corrected chi connectivity index (χ2v) is 5.15. The van der Waals surface area contributed by atoms with Gasteiger partial charge in [0.15, 0.2) is 0 Å². The van der Waals surface area contributed by atoms with Crippen LogP contribution >= 0.6 is 0 Å². The second-order valence-electron chi connectivity index (χ2n) is 5.15. The Morgan fingerprint density at radius 3 is 2.59 bits per heavy atom. The molecule has 6 heteroatoms. The Kier molecular flexibility index (Phi) is 4.34. The first-order valence-corrected chi connectivity index (χ1v) is 5.57. The van der Waals surface area contributed by atoms with Crippen molar-refractivity contribution in [2.75, 3.05) is 13.2 Å². The molecule has 1 saturated heterocycles. The van der Waals surface area contributed by atoms with Gasteiger partial charge in [-0.1, -0.05) is 0 Å². The first kappa shape index (κ1) is 13.8. The van der Waals surface area contributed by atoms with Gasteiger partial charge in [0.05, 0.1) is 25.7 Å². The number of rotatable bonds is 3. The predicted molar refractivity (Wildman–Crippen MR) is 59.7 cm³/mol. The Labute approximate surface area is 100 Å². The summed E-state index contributed by atoms with van der Waals surface area (Å²) >= 11 is 0. The fraction of sp³-hybridized carbons (Fsp3) is 0.818. The smallest absolute Gasteiger partial charge is 0.407 e. The van der Waals surface area contributed by atoms with Gasteiger partial charge >= 0.3 is 12.1 Å². The van der Waals surface area contributed by atoms with E-state index in [-0.39, 0.29) is 18.4 Å². The van der Waals surface area contributed by atoms with Crippen LogP contribution in [-0.2, 0) is 14.3 Å². The number of carboxylic acids is 1. The molecular formula is C11H19NO5. The van der Waals surface area contributed by atoms with Gasteiger partial charge in [0.25, 0.3) is 0 Å². The van der Waals surface area contributed by atoms with Gasteiger partial charge in [-0.25, -0.2) is 4.79 Å². The molecule has 0 aliphatic carbocycles. The highest BCUT2D eigenvalue weighted by Crippen LogP contribution is 2.18. The first-order chi connectivity index (χ1) is 7.78. The minimum Gasteiger partial charge on any atom is -0.481 e. The van der Waals surface area contributed by atoms with Gasteiger partial charge in [-0.05, 0) is 20.8 Å². The summed E-state index contributed by atoms with van der Waals surface area (Å²) in [6.45, 7) is 6.00. The molecule has 0 unspecified atom stereocenters. The molecule has 1 heterocycles. The zero-order valence-electron chi connectivity index (χ0n) is 10.4. The first-order valence-electron chi connectivity index (χ1n) is 5.57. The molecule has 1 rings (SSSR count). The molecule has 0 radical (unpaired) electrons. The van der Waals surface area contributed by atoms with Crippen LogP contribution in [0.4, 0.5) is 4.79 Å². The third kappa shape index (κ3) is 5.04. The molecule has 17 heavy (non-hydrogen) atoms. The van der Waals surface area contributed by atoms with E-state index in [0.29, 0.717) is 13.2 Å². The lowest BCUT2D eigenvalue weighted by molar-refractivity contribution is -0.138. The van der Waals surface area contributed by atoms with Crippen LogP contribution in [0.25, 0.3) is 0 Å². The van der Waals surface area contributed by atoms with E-state index in [4.69, 9.17) is 14.6 Å². The Morgan fingerprint density at radius 1 is 1.41 bits per heavy atom. The minimum atomic E-state index is -0.892. The summed E-state index contributed by atoms with van der Waals surface area (Å²) in [5.74, 6) is -1.09. The van der Waals surface area contributed by atoms with Crippen LogP contribution in [0.2, 0.25) is 0 Å². The Bertz CT molecular complexity index is 297. The maximum atomic E-state index is 11.5. The van der Waals surface area contributed by atoms with Crippen LogP contribution in [-0.4, -0.2) is 42.0 Å². The average Bonchev–Trinajstić information content (AvgIpc) is 2.47. The zero-order chi connectivity index (χ0) is 13.1. The molecule has 1 aliphatic heterocycles. The van der Waals surface area contributed by atoms with Crippen molar-refractivity contribution in [2.45, 2.75) is 38.8 Å². The quantitative estimate of drug-likeness (QED) is 0.774. The number of carbonyl (C=O) groups is 2. The van der Waals surface area contributed by atoms with Crippen LogP contribution in [0.15, 0.2) is 0 Å². The van der Waals surface area contributed by atoms with Crippen molar-refractivity contribution in [2.24, 2.45) is 5.92 Å². The van der Waals surface area contributed by atoms with Gasteiger partial charge in [-0.15, -0.1) is 0 Å². The van der Waals surface area contributed by atoms with E-state index in [9.17, 15) is 9.59 Å². The third-order valence-corrected chi connectivity index (χ3v) is 2.34. The fourth-order valence-electron chi connectivity index (χ4n) is 1.64. The standard InChI is InChI=1S/C11H19NO5/c1-11(2,3)17-10(15)12-8-6-16-5-7(8)4-9(13)14/h7-8H,4-6H2,1-3H3,(H,12,15)(H,13,14)/t7-,8-/m1/s1. The summed E-state index contributed by atoms with van der Waals surface area (Å²) in [7, 11) is 0. The molecule has 1 aliphatic rings. The monoisotopic (exact) mass is 245 g/mol. The van der Waals surface area contributed by atoms with E-state index in [0.717, 1.165) is 0 Å². The van der Waals surface area contributed by atoms with E-state index >= 15 is 0 Å². The van der Waals surface area contributed by atoms with E-state index < -0.39 is 17.7 Å². The molecule has 1 fully saturated rings. The molecule has 0 aromatic heterocycles. The highest BCUT2D eigenvalue weighted by atomic mass is 16.6. The number of carbonyl (C=O) groups excluding carboxylic acids is 1. The summed E-state index contributed by atoms with van der Waals surface area (Å²) < 4.78 is 10.3. The Balaban J connectivity index is 2.44. The minimum absolute atomic E-state index is 0.0134. The molecule has 0 aromatic carbocycles. The number of ether oxygens (including phenoxy) is 2. The van der Waals surface area contributed by atoms with Crippen LogP contribution < -0.4 is 5.32 Å². The summed E-state index contributed by atoms with van der Waals surface area (Å²) in [6.07, 6.45) is -0.552. The molecular weight excluding hydrogens is 226 g/mol. The molecule has 0 bridgehead atoms. The van der Waals surface area contributed by atoms with Crippen molar-refractivity contribution in [3.8, 4) is 0 Å². The molecule has 6 nitrogen and oxygen atoms in total. The Morgan fingerprint density at radius 2 is 2.06 bits per heavy atom. The fourth-order valence-corrected chi connectivity index (χ4v) is 1.64. The highest BCUT2D eigenvalue weighted by molar-refractivity contribution is 5.69. The molecule has 98 valence electrons. The third-order valence-electron chi connectivity index (χ3n) is 2.34. The normalized spacial score (nSPS) is 24.4. The number of hydrogen-bond donors (Lipinski definition) is 2. The average molecular weight is 245 g/mol. The number of aliphatic carboxylic acids is 1. The maximum absolute atomic E-state index is 11.5. The molecule has 2 N–H and O–H groups in total. The van der Waals surface area contributed by atoms with Crippen LogP contribution in [0.3, 0.4) is 0 Å². The number of amides is 1. The van der Waals surface area contributed by atoms with Crippen molar-refractivity contribution < 1.29 is 24.2 Å². The van der Waals surface area contributed by atoms with Crippen molar-refractivity contribution in [3.05, 3.63) is 0 Å². The van der Waals surface area contributed by atoms with E-state index in [1.807, 2.05) is 0 Å². The zero-order valence-corrected chi connectivity index (χ0v) is 10.4. The van der Waals surface area contributed by atoms with Crippen molar-refractivity contribution >= 4 is 12.1 Å². The van der Waals surface area contributed by atoms with E-state index in [1.54, 1.807) is 20.8 Å². The maximum Gasteiger partial charge on any atom is 0.407 e. The predicted octanol–water partition coefficient (Wildman–Crippen LogP) is 1.00. The number of carboxylic acid groups (broad SMARTS) is 1.